The third-order valence-corrected chi connectivity index (χ3v) is 5.31. The zero-order chi connectivity index (χ0) is 7.85. The van der Waals surface area contributed by atoms with Gasteiger partial charge in [0.15, 0.2) is 0 Å². The van der Waals surface area contributed by atoms with Crippen LogP contribution >= 0.6 is 0 Å². The maximum atomic E-state index is 2.44. The van der Waals surface area contributed by atoms with E-state index in [9.17, 15) is 0 Å². The summed E-state index contributed by atoms with van der Waals surface area (Å²) in [5, 5.41) is 0. The van der Waals surface area contributed by atoms with Gasteiger partial charge in [0.2, 0.25) is 0 Å². The first-order valence-corrected chi connectivity index (χ1v) is 8.80. The van der Waals surface area contributed by atoms with Crippen LogP contribution in [0, 0.1) is 0 Å². The van der Waals surface area contributed by atoms with Gasteiger partial charge in [0.25, 0.3) is 0 Å². The molecule has 1 aliphatic rings. The van der Waals surface area contributed by atoms with Gasteiger partial charge in [-0.05, 0) is 0 Å². The Kier molecular flexibility index (Phi) is 1.61. The molecule has 60 valence electrons. The van der Waals surface area contributed by atoms with E-state index in [1.165, 1.54) is 0 Å². The molecule has 0 aliphatic heterocycles. The van der Waals surface area contributed by atoms with Crippen molar-refractivity contribution in [1.82, 2.24) is 0 Å². The van der Waals surface area contributed by atoms with Crippen molar-refractivity contribution in [2.24, 2.45) is 0 Å². The van der Waals surface area contributed by atoms with Crippen LogP contribution in [0.3, 0.4) is 0 Å². The summed E-state index contributed by atoms with van der Waals surface area (Å²) in [6, 6.07) is 0. The Bertz CT molecular complexity index is 169. The Morgan fingerprint density at radius 2 is 1.30 bits per heavy atom. The van der Waals surface area contributed by atoms with Crippen LogP contribution in [0.15, 0.2) is 24.3 Å². The molecular formula is C9H17Mn. The molecule has 10 heavy (non-hydrogen) atoms. The van der Waals surface area contributed by atoms with Gasteiger partial charge in [-0.2, -0.15) is 0 Å². The predicted octanol–water partition coefficient (Wildman–Crippen LogP) is 3.78. The topological polar surface area (TPSA) is 0 Å². The second-order valence-corrected chi connectivity index (χ2v) is 15.0. The SMILES string of the molecule is [CH3][Mn]([CH3])([CH3])([CH3])[CH]1C=CC=C1. The fourth-order valence-corrected chi connectivity index (χ4v) is 3.07. The van der Waals surface area contributed by atoms with Crippen molar-refractivity contribution in [3.63, 3.8) is 0 Å². The zero-order valence-electron chi connectivity index (χ0n) is 7.26. The molecule has 0 fully saturated rings. The van der Waals surface area contributed by atoms with Gasteiger partial charge < -0.3 is 0 Å². The summed E-state index contributed by atoms with van der Waals surface area (Å²) in [5.41, 5.74) is 0. The molecule has 0 amide bonds. The first-order chi connectivity index (χ1) is 4.36. The molecule has 0 aromatic heterocycles. The van der Waals surface area contributed by atoms with Crippen molar-refractivity contribution >= 4 is 0 Å². The number of rotatable bonds is 1. The summed E-state index contributed by atoms with van der Waals surface area (Å²) in [5.74, 6) is 9.75. The standard InChI is InChI=1S/C5H5.4CH3.Mn/c1-2-4-5-3-1;;;;;/h1-5H;4*1H3;. The zero-order valence-corrected chi connectivity index (χ0v) is 8.45. The van der Waals surface area contributed by atoms with Crippen LogP contribution in [-0.2, 0) is 11.8 Å². The Morgan fingerprint density at radius 1 is 0.900 bits per heavy atom. The maximum absolute atomic E-state index is 2.44. The van der Waals surface area contributed by atoms with E-state index in [0.29, 0.717) is 0 Å². The average molecular weight is 180 g/mol. The van der Waals surface area contributed by atoms with E-state index in [2.05, 4.69) is 47.6 Å². The molecule has 0 saturated carbocycles. The molecule has 0 atom stereocenters. The summed E-state index contributed by atoms with van der Waals surface area (Å²) >= 11 is -1.60. The monoisotopic (exact) mass is 180 g/mol. The van der Waals surface area contributed by atoms with Gasteiger partial charge in [0, 0.05) is 0 Å². The Hall–Kier alpha value is -0.000519. The molecule has 1 aliphatic carbocycles. The number of hydrogen-bond donors (Lipinski definition) is 0. The second kappa shape index (κ2) is 1.99. The number of allylic oxidation sites excluding steroid dienone is 4. The van der Waals surface area contributed by atoms with E-state index in [1.807, 2.05) is 0 Å². The summed E-state index contributed by atoms with van der Waals surface area (Å²) in [6.07, 6.45) is 8.98. The first-order valence-electron chi connectivity index (χ1n) is 3.40. The van der Waals surface area contributed by atoms with E-state index in [4.69, 9.17) is 0 Å². The predicted molar refractivity (Wildman–Crippen MR) is 45.5 cm³/mol. The summed E-state index contributed by atoms with van der Waals surface area (Å²) in [7, 11) is 0. The fourth-order valence-electron chi connectivity index (χ4n) is 0.987. The molecule has 0 heterocycles. The molecule has 1 rings (SSSR count). The summed E-state index contributed by atoms with van der Waals surface area (Å²) < 4.78 is 0. The van der Waals surface area contributed by atoms with Crippen LogP contribution in [0.5, 0.6) is 0 Å². The molecule has 0 aromatic rings. The van der Waals surface area contributed by atoms with Crippen LogP contribution in [0.2, 0.25) is 28.1 Å². The van der Waals surface area contributed by atoms with Crippen molar-refractivity contribution in [1.29, 1.82) is 0 Å². The van der Waals surface area contributed by atoms with E-state index < -0.39 is 11.8 Å². The normalized spacial score (nSPS) is 23.0. The van der Waals surface area contributed by atoms with Crippen molar-refractivity contribution < 1.29 is 11.8 Å². The van der Waals surface area contributed by atoms with E-state index in [-0.39, 0.29) is 0 Å². The van der Waals surface area contributed by atoms with Crippen LogP contribution in [0.1, 0.15) is 0 Å². The van der Waals surface area contributed by atoms with Gasteiger partial charge >= 0.3 is 64.2 Å². The first kappa shape index (κ1) is 8.10. The van der Waals surface area contributed by atoms with Crippen molar-refractivity contribution in [3.8, 4) is 0 Å². The molecule has 1 heteroatoms. The van der Waals surface area contributed by atoms with Crippen LogP contribution in [-0.4, -0.2) is 0 Å². The fraction of sp³-hybridized carbons (Fsp3) is 0.556. The van der Waals surface area contributed by atoms with Gasteiger partial charge in [-0.25, -0.2) is 0 Å². The molecule has 0 saturated heterocycles. The van der Waals surface area contributed by atoms with Crippen LogP contribution < -0.4 is 0 Å². The molecule has 0 aromatic carbocycles. The van der Waals surface area contributed by atoms with E-state index >= 15 is 0 Å². The summed E-state index contributed by atoms with van der Waals surface area (Å²) in [6.45, 7) is 0. The van der Waals surface area contributed by atoms with Crippen molar-refractivity contribution in [2.45, 2.75) is 28.1 Å². The van der Waals surface area contributed by atoms with Gasteiger partial charge in [0.05, 0.1) is 0 Å². The Labute approximate surface area is 64.6 Å². The molecule has 0 radical (unpaired) electrons. The van der Waals surface area contributed by atoms with Gasteiger partial charge in [-0.3, -0.25) is 0 Å². The van der Waals surface area contributed by atoms with Gasteiger partial charge in [-0.1, -0.05) is 0 Å². The molecular weight excluding hydrogens is 163 g/mol. The third kappa shape index (κ3) is 1.74. The molecule has 0 nitrogen and oxygen atoms in total. The van der Waals surface area contributed by atoms with Crippen LogP contribution in [0.4, 0.5) is 0 Å². The van der Waals surface area contributed by atoms with E-state index in [0.717, 1.165) is 4.82 Å². The molecule has 0 bridgehead atoms. The Morgan fingerprint density at radius 3 is 1.50 bits per heavy atom. The van der Waals surface area contributed by atoms with Crippen molar-refractivity contribution in [2.75, 3.05) is 0 Å². The van der Waals surface area contributed by atoms with Gasteiger partial charge in [0.1, 0.15) is 0 Å². The molecule has 0 spiro atoms. The molecule has 0 unspecified atom stereocenters. The van der Waals surface area contributed by atoms with Gasteiger partial charge in [-0.15, -0.1) is 0 Å². The van der Waals surface area contributed by atoms with E-state index in [1.54, 1.807) is 0 Å². The minimum atomic E-state index is -1.60. The Balaban J connectivity index is 2.85. The number of hydrogen-bond acceptors (Lipinski definition) is 0. The minimum absolute atomic E-state index is 0.751. The third-order valence-electron chi connectivity index (χ3n) is 1.71. The average Bonchev–Trinajstić information content (AvgIpc) is 2.04. The molecule has 0 N–H and O–H groups in total. The van der Waals surface area contributed by atoms with Crippen molar-refractivity contribution in [3.05, 3.63) is 24.3 Å². The quantitative estimate of drug-likeness (QED) is 0.538. The second-order valence-electron chi connectivity index (χ2n) is 4.35. The van der Waals surface area contributed by atoms with Crippen LogP contribution in [0.25, 0.3) is 0 Å². The summed E-state index contributed by atoms with van der Waals surface area (Å²) in [4.78, 5) is 0.751.